The van der Waals surface area contributed by atoms with Gasteiger partial charge in [0.25, 0.3) is 0 Å². The summed E-state index contributed by atoms with van der Waals surface area (Å²) in [5, 5.41) is 5.05. The Hall–Kier alpha value is -3.68. The van der Waals surface area contributed by atoms with Crippen LogP contribution in [0.4, 0.5) is 0 Å². The maximum atomic E-state index is 12.4. The molecule has 0 saturated carbocycles. The van der Waals surface area contributed by atoms with E-state index in [9.17, 15) is 19.2 Å². The van der Waals surface area contributed by atoms with Crippen molar-refractivity contribution in [3.63, 3.8) is 0 Å². The van der Waals surface area contributed by atoms with Gasteiger partial charge in [0.15, 0.2) is 0 Å². The maximum Gasteiger partial charge on any atom is 0.328 e. The first-order valence-corrected chi connectivity index (χ1v) is 9.75. The van der Waals surface area contributed by atoms with Gasteiger partial charge in [-0.25, -0.2) is 9.59 Å². The summed E-state index contributed by atoms with van der Waals surface area (Å²) in [6, 6.07) is 16.4. The lowest BCUT2D eigenvalue weighted by Crippen LogP contribution is -2.47. The Morgan fingerprint density at radius 2 is 1.03 bits per heavy atom. The molecule has 2 atom stereocenters. The second-order valence-electron chi connectivity index (χ2n) is 6.84. The highest BCUT2D eigenvalue weighted by molar-refractivity contribution is 5.99. The van der Waals surface area contributed by atoms with E-state index in [1.165, 1.54) is 14.2 Å². The standard InChI is InChI=1S/C23H26N2O6/c1-30-22(28)18(13-16-9-5-3-6-10-16)24-20(26)15-21(27)25-19(23(29)31-2)14-17-11-7-4-8-12-17/h3-12,18-19H,13-15H2,1-2H3,(H,24,26)(H,25,27)/t18-,19-/m0/s1. The fraction of sp³-hybridized carbons (Fsp3) is 0.304. The summed E-state index contributed by atoms with van der Waals surface area (Å²) in [6.07, 6.45) is -0.107. The van der Waals surface area contributed by atoms with Crippen molar-refractivity contribution >= 4 is 23.8 Å². The van der Waals surface area contributed by atoms with E-state index in [1.807, 2.05) is 60.7 Å². The molecule has 0 aliphatic rings. The molecule has 0 fully saturated rings. The first kappa shape index (κ1) is 23.6. The predicted molar refractivity (Wildman–Crippen MR) is 113 cm³/mol. The van der Waals surface area contributed by atoms with Crippen LogP contribution < -0.4 is 10.6 Å². The molecule has 0 radical (unpaired) electrons. The third-order valence-corrected chi connectivity index (χ3v) is 4.53. The van der Waals surface area contributed by atoms with Gasteiger partial charge in [-0.2, -0.15) is 0 Å². The monoisotopic (exact) mass is 426 g/mol. The Labute approximate surface area is 180 Å². The van der Waals surface area contributed by atoms with Gasteiger partial charge in [0.2, 0.25) is 11.8 Å². The van der Waals surface area contributed by atoms with Gasteiger partial charge >= 0.3 is 11.9 Å². The Balaban J connectivity index is 1.96. The number of amides is 2. The number of carbonyl (C=O) groups is 4. The van der Waals surface area contributed by atoms with Crippen molar-refractivity contribution in [2.45, 2.75) is 31.3 Å². The third kappa shape index (κ3) is 7.93. The van der Waals surface area contributed by atoms with Crippen LogP contribution in [0.15, 0.2) is 60.7 Å². The molecule has 0 heterocycles. The van der Waals surface area contributed by atoms with Crippen LogP contribution in [-0.4, -0.2) is 50.1 Å². The molecule has 2 aromatic carbocycles. The number of hydrogen-bond acceptors (Lipinski definition) is 6. The van der Waals surface area contributed by atoms with Crippen LogP contribution >= 0.6 is 0 Å². The van der Waals surface area contributed by atoms with Crippen LogP contribution in [0, 0.1) is 0 Å². The van der Waals surface area contributed by atoms with Crippen molar-refractivity contribution in [1.82, 2.24) is 10.6 Å². The Morgan fingerprint density at radius 3 is 1.35 bits per heavy atom. The van der Waals surface area contributed by atoms with Crippen molar-refractivity contribution in [1.29, 1.82) is 0 Å². The predicted octanol–water partition coefficient (Wildman–Crippen LogP) is 1.18. The lowest BCUT2D eigenvalue weighted by Gasteiger charge is -2.18. The lowest BCUT2D eigenvalue weighted by atomic mass is 10.1. The van der Waals surface area contributed by atoms with Gasteiger partial charge in [0.1, 0.15) is 18.5 Å². The quantitative estimate of drug-likeness (QED) is 0.436. The molecule has 0 saturated heterocycles. The van der Waals surface area contributed by atoms with E-state index < -0.39 is 42.3 Å². The van der Waals surface area contributed by atoms with Crippen LogP contribution in [-0.2, 0) is 41.5 Å². The molecular weight excluding hydrogens is 400 g/mol. The minimum Gasteiger partial charge on any atom is -0.467 e. The third-order valence-electron chi connectivity index (χ3n) is 4.53. The zero-order chi connectivity index (χ0) is 22.6. The lowest BCUT2D eigenvalue weighted by molar-refractivity contribution is -0.146. The Bertz CT molecular complexity index is 812. The largest absolute Gasteiger partial charge is 0.467 e. The highest BCUT2D eigenvalue weighted by Crippen LogP contribution is 2.07. The highest BCUT2D eigenvalue weighted by Gasteiger charge is 2.26. The van der Waals surface area contributed by atoms with Gasteiger partial charge < -0.3 is 20.1 Å². The number of carbonyl (C=O) groups excluding carboxylic acids is 4. The highest BCUT2D eigenvalue weighted by atomic mass is 16.5. The van der Waals surface area contributed by atoms with Crippen molar-refractivity contribution in [3.8, 4) is 0 Å². The molecule has 2 aromatic rings. The zero-order valence-electron chi connectivity index (χ0n) is 17.5. The molecule has 2 amide bonds. The van der Waals surface area contributed by atoms with E-state index in [1.54, 1.807) is 0 Å². The number of benzene rings is 2. The van der Waals surface area contributed by atoms with Gasteiger partial charge in [-0.1, -0.05) is 60.7 Å². The average molecular weight is 426 g/mol. The molecule has 2 N–H and O–H groups in total. The molecule has 0 aliphatic heterocycles. The number of hydrogen-bond donors (Lipinski definition) is 2. The van der Waals surface area contributed by atoms with Gasteiger partial charge in [0.05, 0.1) is 14.2 Å². The fourth-order valence-corrected chi connectivity index (χ4v) is 3.01. The Morgan fingerprint density at radius 1 is 0.677 bits per heavy atom. The van der Waals surface area contributed by atoms with Crippen LogP contribution in [0.5, 0.6) is 0 Å². The van der Waals surface area contributed by atoms with E-state index in [2.05, 4.69) is 10.6 Å². The number of esters is 2. The normalized spacial score (nSPS) is 12.2. The van der Waals surface area contributed by atoms with Crippen molar-refractivity contribution in [2.24, 2.45) is 0 Å². The summed E-state index contributed by atoms with van der Waals surface area (Å²) in [5.41, 5.74) is 1.66. The maximum absolute atomic E-state index is 12.4. The summed E-state index contributed by atoms with van der Waals surface area (Å²) >= 11 is 0. The second kappa shape index (κ2) is 12.1. The van der Waals surface area contributed by atoms with Crippen LogP contribution in [0.2, 0.25) is 0 Å². The Kier molecular flexibility index (Phi) is 9.22. The topological polar surface area (TPSA) is 111 Å². The molecule has 2 rings (SSSR count). The summed E-state index contributed by atoms with van der Waals surface area (Å²) in [4.78, 5) is 48.8. The van der Waals surface area contributed by atoms with Crippen molar-refractivity contribution < 1.29 is 28.7 Å². The number of ether oxygens (including phenoxy) is 2. The first-order chi connectivity index (χ1) is 14.9. The van der Waals surface area contributed by atoms with Crippen LogP contribution in [0.25, 0.3) is 0 Å². The molecular formula is C23H26N2O6. The number of rotatable bonds is 10. The molecule has 31 heavy (non-hydrogen) atoms. The van der Waals surface area contributed by atoms with Crippen LogP contribution in [0.1, 0.15) is 17.5 Å². The van der Waals surface area contributed by atoms with E-state index in [0.29, 0.717) is 0 Å². The average Bonchev–Trinajstić information content (AvgIpc) is 2.78. The molecule has 0 spiro atoms. The van der Waals surface area contributed by atoms with Crippen LogP contribution in [0.3, 0.4) is 0 Å². The number of nitrogens with one attached hydrogen (secondary N) is 2. The fourth-order valence-electron chi connectivity index (χ4n) is 3.01. The van der Waals surface area contributed by atoms with E-state index >= 15 is 0 Å². The minimum absolute atomic E-state index is 0.222. The van der Waals surface area contributed by atoms with Gasteiger partial charge in [0, 0.05) is 12.8 Å². The summed E-state index contributed by atoms with van der Waals surface area (Å²) < 4.78 is 9.50. The van der Waals surface area contributed by atoms with Crippen molar-refractivity contribution in [3.05, 3.63) is 71.8 Å². The summed E-state index contributed by atoms with van der Waals surface area (Å²) in [5.74, 6) is -2.55. The molecule has 0 bridgehead atoms. The van der Waals surface area contributed by atoms with E-state index in [4.69, 9.17) is 9.47 Å². The van der Waals surface area contributed by atoms with Gasteiger partial charge in [-0.05, 0) is 11.1 Å². The summed E-state index contributed by atoms with van der Waals surface area (Å²) in [6.45, 7) is 0. The molecule has 0 aliphatic carbocycles. The van der Waals surface area contributed by atoms with E-state index in [0.717, 1.165) is 11.1 Å². The smallest absolute Gasteiger partial charge is 0.328 e. The van der Waals surface area contributed by atoms with Gasteiger partial charge in [-0.15, -0.1) is 0 Å². The molecule has 8 heteroatoms. The molecule has 164 valence electrons. The first-order valence-electron chi connectivity index (χ1n) is 9.75. The molecule has 0 aromatic heterocycles. The SMILES string of the molecule is COC(=O)[C@H](Cc1ccccc1)NC(=O)CC(=O)N[C@@H](Cc1ccccc1)C(=O)OC. The number of methoxy groups -OCH3 is 2. The molecule has 0 unspecified atom stereocenters. The van der Waals surface area contributed by atoms with Gasteiger partial charge in [-0.3, -0.25) is 9.59 Å². The zero-order valence-corrected chi connectivity index (χ0v) is 17.5. The summed E-state index contributed by atoms with van der Waals surface area (Å²) in [7, 11) is 2.45. The minimum atomic E-state index is -0.937. The second-order valence-corrected chi connectivity index (χ2v) is 6.84. The van der Waals surface area contributed by atoms with E-state index in [-0.39, 0.29) is 12.8 Å². The van der Waals surface area contributed by atoms with Crippen molar-refractivity contribution in [2.75, 3.05) is 14.2 Å². The molecule has 8 nitrogen and oxygen atoms in total.